The zero-order valence-electron chi connectivity index (χ0n) is 15.6. The molecule has 0 fully saturated rings. The smallest absolute Gasteiger partial charge is 0.0639 e. The van der Waals surface area contributed by atoms with Crippen LogP contribution in [0, 0.1) is 6.92 Å². The maximum Gasteiger partial charge on any atom is 0.0639 e. The Labute approximate surface area is 159 Å². The van der Waals surface area contributed by atoms with Gasteiger partial charge in [-0.2, -0.15) is 0 Å². The van der Waals surface area contributed by atoms with E-state index in [-0.39, 0.29) is 6.04 Å². The number of benzene rings is 1. The van der Waals surface area contributed by atoms with Crippen molar-refractivity contribution in [1.29, 1.82) is 0 Å². The Hall–Kier alpha value is -3.20. The summed E-state index contributed by atoms with van der Waals surface area (Å²) in [5.74, 6) is 0. The van der Waals surface area contributed by atoms with E-state index in [0.717, 1.165) is 6.42 Å². The van der Waals surface area contributed by atoms with Crippen molar-refractivity contribution >= 4 is 22.5 Å². The van der Waals surface area contributed by atoms with Gasteiger partial charge in [-0.05, 0) is 72.4 Å². The Morgan fingerprint density at radius 3 is 2.41 bits per heavy atom. The van der Waals surface area contributed by atoms with Crippen LogP contribution >= 0.6 is 0 Å². The topological polar surface area (TPSA) is 29.0 Å². The van der Waals surface area contributed by atoms with Crippen molar-refractivity contribution < 1.29 is 0 Å². The van der Waals surface area contributed by atoms with E-state index in [1.807, 2.05) is 24.8 Å². The lowest BCUT2D eigenvalue weighted by atomic mass is 9.84. The first-order chi connectivity index (χ1) is 13.2. The molecule has 132 valence electrons. The van der Waals surface area contributed by atoms with Crippen molar-refractivity contribution in [1.82, 2.24) is 9.97 Å². The van der Waals surface area contributed by atoms with Crippen LogP contribution in [0.3, 0.4) is 0 Å². The average Bonchev–Trinajstić information content (AvgIpc) is 3.02. The summed E-state index contributed by atoms with van der Waals surface area (Å²) in [4.78, 5) is 11.2. The van der Waals surface area contributed by atoms with Crippen LogP contribution in [0.1, 0.15) is 30.0 Å². The summed E-state index contributed by atoms with van der Waals surface area (Å²) in [6, 6.07) is 15.2. The molecule has 3 heteroatoms. The molecule has 1 unspecified atom stereocenters. The molecule has 0 radical (unpaired) electrons. The number of nitrogens with zero attached hydrogens (tertiary/aromatic N) is 3. The highest BCUT2D eigenvalue weighted by Crippen LogP contribution is 2.50. The molecule has 0 spiro atoms. The van der Waals surface area contributed by atoms with Crippen molar-refractivity contribution in [2.45, 2.75) is 26.3 Å². The van der Waals surface area contributed by atoms with Gasteiger partial charge < -0.3 is 4.90 Å². The van der Waals surface area contributed by atoms with Crippen molar-refractivity contribution in [3.63, 3.8) is 0 Å². The normalized spacial score (nSPS) is 18.2. The van der Waals surface area contributed by atoms with Gasteiger partial charge in [-0.1, -0.05) is 24.3 Å². The minimum atomic E-state index is 0.282. The summed E-state index contributed by atoms with van der Waals surface area (Å²) in [5.41, 5.74) is 10.3. The third kappa shape index (κ3) is 2.50. The number of hydrogen-bond donors (Lipinski definition) is 0. The number of pyridine rings is 2. The third-order valence-corrected chi connectivity index (χ3v) is 5.68. The molecule has 0 saturated heterocycles. The highest BCUT2D eigenvalue weighted by molar-refractivity contribution is 5.96. The molecule has 27 heavy (non-hydrogen) atoms. The van der Waals surface area contributed by atoms with Gasteiger partial charge in [0.2, 0.25) is 0 Å². The van der Waals surface area contributed by atoms with Gasteiger partial charge in [0.05, 0.1) is 11.7 Å². The highest BCUT2D eigenvalue weighted by Gasteiger charge is 2.37. The number of para-hydroxylation sites is 1. The predicted molar refractivity (Wildman–Crippen MR) is 111 cm³/mol. The number of aromatic nitrogens is 2. The van der Waals surface area contributed by atoms with Gasteiger partial charge >= 0.3 is 0 Å². The van der Waals surface area contributed by atoms with Crippen LogP contribution in [0.4, 0.5) is 11.4 Å². The quantitative estimate of drug-likeness (QED) is 0.605. The number of allylic oxidation sites excluding steroid dienone is 2. The molecular formula is C24H21N3. The van der Waals surface area contributed by atoms with Crippen LogP contribution in [-0.4, -0.2) is 16.0 Å². The van der Waals surface area contributed by atoms with Gasteiger partial charge in [-0.25, -0.2) is 0 Å². The summed E-state index contributed by atoms with van der Waals surface area (Å²) in [6.45, 7) is 4.38. The zero-order chi connectivity index (χ0) is 18.4. The van der Waals surface area contributed by atoms with Gasteiger partial charge in [0.1, 0.15) is 0 Å². The first-order valence-corrected chi connectivity index (χ1v) is 9.35. The zero-order valence-corrected chi connectivity index (χ0v) is 15.6. The van der Waals surface area contributed by atoms with E-state index in [0.29, 0.717) is 0 Å². The lowest BCUT2D eigenvalue weighted by Crippen LogP contribution is -2.28. The monoisotopic (exact) mass is 351 g/mol. The summed E-state index contributed by atoms with van der Waals surface area (Å²) in [5, 5.41) is 0. The molecule has 0 N–H and O–H groups in total. The fourth-order valence-corrected chi connectivity index (χ4v) is 4.37. The van der Waals surface area contributed by atoms with E-state index in [1.54, 1.807) is 0 Å². The maximum absolute atomic E-state index is 4.40. The molecule has 1 aliphatic heterocycles. The van der Waals surface area contributed by atoms with Crippen LogP contribution in [0.25, 0.3) is 11.1 Å². The third-order valence-electron chi connectivity index (χ3n) is 5.68. The molecule has 2 aliphatic rings. The van der Waals surface area contributed by atoms with E-state index in [1.165, 1.54) is 44.8 Å². The fourth-order valence-electron chi connectivity index (χ4n) is 4.37. The second-order valence-electron chi connectivity index (χ2n) is 7.27. The standard InChI is InChI=1S/C24H21N3/c1-16-8-10-25-14-21(16)19-13-24-20(12-17(19)2)22-15-26-11-9-23(22)27(24)18-6-4-3-5-7-18/h3-12,14-15,24H,13H2,1-2H3. The summed E-state index contributed by atoms with van der Waals surface area (Å²) < 4.78 is 0. The van der Waals surface area contributed by atoms with E-state index in [2.05, 4.69) is 77.3 Å². The Bertz CT molecular complexity index is 1080. The van der Waals surface area contributed by atoms with E-state index >= 15 is 0 Å². The summed E-state index contributed by atoms with van der Waals surface area (Å²) in [6.07, 6.45) is 11.1. The largest absolute Gasteiger partial charge is 0.333 e. The fraction of sp³-hybridized carbons (Fsp3) is 0.167. The molecule has 1 aliphatic carbocycles. The Balaban J connectivity index is 1.68. The van der Waals surface area contributed by atoms with Crippen LogP contribution in [-0.2, 0) is 0 Å². The van der Waals surface area contributed by atoms with Crippen molar-refractivity contribution in [3.8, 4) is 0 Å². The van der Waals surface area contributed by atoms with E-state index in [9.17, 15) is 0 Å². The number of rotatable bonds is 2. The lowest BCUT2D eigenvalue weighted by molar-refractivity contribution is 0.834. The number of aryl methyl sites for hydroxylation is 1. The Kier molecular flexibility index (Phi) is 3.68. The van der Waals surface area contributed by atoms with Crippen molar-refractivity contribution in [2.75, 3.05) is 4.90 Å². The number of fused-ring (bicyclic) bond motifs is 3. The summed E-state index contributed by atoms with van der Waals surface area (Å²) >= 11 is 0. The molecule has 0 bridgehead atoms. The molecule has 5 rings (SSSR count). The molecule has 0 saturated carbocycles. The minimum Gasteiger partial charge on any atom is -0.333 e. The highest BCUT2D eigenvalue weighted by atomic mass is 15.2. The molecule has 3 aromatic rings. The van der Waals surface area contributed by atoms with E-state index in [4.69, 9.17) is 0 Å². The minimum absolute atomic E-state index is 0.282. The lowest BCUT2D eigenvalue weighted by Gasteiger charge is -2.32. The number of hydrogen-bond acceptors (Lipinski definition) is 3. The summed E-state index contributed by atoms with van der Waals surface area (Å²) in [7, 11) is 0. The molecular weight excluding hydrogens is 330 g/mol. The van der Waals surface area contributed by atoms with Gasteiger partial charge in [0.15, 0.2) is 0 Å². The molecule has 1 atom stereocenters. The molecule has 3 heterocycles. The average molecular weight is 351 g/mol. The van der Waals surface area contributed by atoms with Crippen LogP contribution in [0.15, 0.2) is 78.9 Å². The van der Waals surface area contributed by atoms with Crippen molar-refractivity contribution in [3.05, 3.63) is 95.6 Å². The Morgan fingerprint density at radius 2 is 1.63 bits per heavy atom. The second-order valence-corrected chi connectivity index (χ2v) is 7.27. The van der Waals surface area contributed by atoms with Gasteiger partial charge in [-0.3, -0.25) is 9.97 Å². The molecule has 1 aromatic carbocycles. The first-order valence-electron chi connectivity index (χ1n) is 9.35. The van der Waals surface area contributed by atoms with Gasteiger partial charge in [0.25, 0.3) is 0 Å². The van der Waals surface area contributed by atoms with Crippen LogP contribution in [0.5, 0.6) is 0 Å². The van der Waals surface area contributed by atoms with Crippen molar-refractivity contribution in [2.24, 2.45) is 0 Å². The number of anilines is 2. The first kappa shape index (κ1) is 16.0. The van der Waals surface area contributed by atoms with Gasteiger partial charge in [-0.15, -0.1) is 0 Å². The molecule has 2 aromatic heterocycles. The Morgan fingerprint density at radius 1 is 0.889 bits per heavy atom. The van der Waals surface area contributed by atoms with Gasteiger partial charge in [0, 0.05) is 36.0 Å². The molecule has 0 amide bonds. The maximum atomic E-state index is 4.40. The predicted octanol–water partition coefficient (Wildman–Crippen LogP) is 5.57. The SMILES string of the molecule is CC1=C(c2cnccc2C)CC2C(=C1)c1cnccc1N2c1ccccc1. The molecule has 3 nitrogen and oxygen atoms in total. The van der Waals surface area contributed by atoms with Crippen LogP contribution < -0.4 is 4.90 Å². The second kappa shape index (κ2) is 6.20. The van der Waals surface area contributed by atoms with Crippen LogP contribution in [0.2, 0.25) is 0 Å². The van der Waals surface area contributed by atoms with E-state index < -0.39 is 0 Å².